The Bertz CT molecular complexity index is 501. The molecule has 0 aliphatic carbocycles. The molecular formula is C16H22N2O2. The van der Waals surface area contributed by atoms with Gasteiger partial charge in [0, 0.05) is 32.2 Å². The first-order chi connectivity index (χ1) is 9.66. The van der Waals surface area contributed by atoms with Crippen LogP contribution in [0.2, 0.25) is 0 Å². The van der Waals surface area contributed by atoms with Crippen molar-refractivity contribution in [2.45, 2.75) is 31.3 Å². The molecular weight excluding hydrogens is 252 g/mol. The summed E-state index contributed by atoms with van der Waals surface area (Å²) in [5.41, 5.74) is 2.52. The molecule has 0 unspecified atom stereocenters. The van der Waals surface area contributed by atoms with Gasteiger partial charge in [-0.05, 0) is 37.1 Å². The van der Waals surface area contributed by atoms with Crippen molar-refractivity contribution >= 4 is 11.7 Å². The van der Waals surface area contributed by atoms with Gasteiger partial charge in [0.2, 0.25) is 0 Å². The van der Waals surface area contributed by atoms with Crippen LogP contribution >= 0.6 is 0 Å². The second-order valence-corrected chi connectivity index (χ2v) is 5.86. The highest BCUT2D eigenvalue weighted by Crippen LogP contribution is 2.36. The molecule has 2 aliphatic rings. The van der Waals surface area contributed by atoms with E-state index in [-0.39, 0.29) is 12.0 Å². The van der Waals surface area contributed by atoms with Crippen molar-refractivity contribution in [2.75, 3.05) is 32.1 Å². The highest BCUT2D eigenvalue weighted by molar-refractivity contribution is 5.77. The van der Waals surface area contributed by atoms with Gasteiger partial charge in [-0.25, -0.2) is 0 Å². The molecule has 4 heteroatoms. The SMILES string of the molecule is CN(C)c1cccc([C@@H]2CCCN2[C@@H]2CCOC2=O)c1. The van der Waals surface area contributed by atoms with E-state index in [1.807, 2.05) is 0 Å². The van der Waals surface area contributed by atoms with Crippen LogP contribution in [0.3, 0.4) is 0 Å². The highest BCUT2D eigenvalue weighted by Gasteiger charge is 2.39. The zero-order valence-corrected chi connectivity index (χ0v) is 12.2. The number of esters is 1. The van der Waals surface area contributed by atoms with Crippen molar-refractivity contribution < 1.29 is 9.53 Å². The first-order valence-corrected chi connectivity index (χ1v) is 7.36. The number of ether oxygens (including phenoxy) is 1. The van der Waals surface area contributed by atoms with Gasteiger partial charge in [-0.15, -0.1) is 0 Å². The molecule has 1 aromatic carbocycles. The molecule has 2 aliphatic heterocycles. The second-order valence-electron chi connectivity index (χ2n) is 5.86. The Morgan fingerprint density at radius 3 is 2.80 bits per heavy atom. The number of nitrogens with zero attached hydrogens (tertiary/aromatic N) is 2. The number of hydrogen-bond acceptors (Lipinski definition) is 4. The summed E-state index contributed by atoms with van der Waals surface area (Å²) in [5.74, 6) is -0.0411. The molecule has 0 bridgehead atoms. The van der Waals surface area contributed by atoms with Crippen molar-refractivity contribution in [1.82, 2.24) is 4.90 Å². The third-order valence-corrected chi connectivity index (χ3v) is 4.37. The predicted molar refractivity (Wildman–Crippen MR) is 78.8 cm³/mol. The average Bonchev–Trinajstić information content (AvgIpc) is 3.06. The molecule has 0 amide bonds. The van der Waals surface area contributed by atoms with Gasteiger partial charge >= 0.3 is 5.97 Å². The number of rotatable bonds is 3. The molecule has 0 N–H and O–H groups in total. The minimum absolute atomic E-state index is 0.0366. The van der Waals surface area contributed by atoms with E-state index >= 15 is 0 Å². The maximum Gasteiger partial charge on any atom is 0.323 e. The van der Waals surface area contributed by atoms with Gasteiger partial charge in [-0.2, -0.15) is 0 Å². The van der Waals surface area contributed by atoms with E-state index in [2.05, 4.69) is 48.2 Å². The highest BCUT2D eigenvalue weighted by atomic mass is 16.5. The second kappa shape index (κ2) is 5.44. The van der Waals surface area contributed by atoms with Gasteiger partial charge < -0.3 is 9.64 Å². The lowest BCUT2D eigenvalue weighted by Crippen LogP contribution is -2.38. The van der Waals surface area contributed by atoms with Gasteiger partial charge in [-0.3, -0.25) is 9.69 Å². The van der Waals surface area contributed by atoms with Crippen LogP contribution in [0.15, 0.2) is 24.3 Å². The molecule has 3 rings (SSSR count). The largest absolute Gasteiger partial charge is 0.464 e. The molecule has 0 aromatic heterocycles. The first kappa shape index (κ1) is 13.4. The first-order valence-electron chi connectivity index (χ1n) is 7.36. The summed E-state index contributed by atoms with van der Waals surface area (Å²) in [6.45, 7) is 1.57. The fraction of sp³-hybridized carbons (Fsp3) is 0.562. The van der Waals surface area contributed by atoms with E-state index in [1.54, 1.807) is 0 Å². The topological polar surface area (TPSA) is 32.8 Å². The Balaban J connectivity index is 1.84. The number of carbonyl (C=O) groups excluding carboxylic acids is 1. The van der Waals surface area contributed by atoms with Crippen LogP contribution in [0.25, 0.3) is 0 Å². The normalized spacial score (nSPS) is 26.8. The minimum atomic E-state index is -0.0411. The summed E-state index contributed by atoms with van der Waals surface area (Å²) < 4.78 is 5.14. The molecule has 2 atom stereocenters. The van der Waals surface area contributed by atoms with E-state index in [0.717, 1.165) is 25.8 Å². The van der Waals surface area contributed by atoms with Crippen LogP contribution in [-0.2, 0) is 9.53 Å². The Morgan fingerprint density at radius 1 is 1.25 bits per heavy atom. The molecule has 2 heterocycles. The summed E-state index contributed by atoms with van der Waals surface area (Å²) in [6.07, 6.45) is 3.12. The lowest BCUT2D eigenvalue weighted by molar-refractivity contribution is -0.142. The zero-order chi connectivity index (χ0) is 14.1. The van der Waals surface area contributed by atoms with Crippen LogP contribution in [0, 0.1) is 0 Å². The Kier molecular flexibility index (Phi) is 3.66. The Hall–Kier alpha value is -1.55. The number of cyclic esters (lactones) is 1. The molecule has 0 saturated carbocycles. The van der Waals surface area contributed by atoms with Crippen molar-refractivity contribution in [1.29, 1.82) is 0 Å². The molecule has 0 spiro atoms. The van der Waals surface area contributed by atoms with Crippen molar-refractivity contribution in [3.63, 3.8) is 0 Å². The van der Waals surface area contributed by atoms with Crippen molar-refractivity contribution in [2.24, 2.45) is 0 Å². The molecule has 2 saturated heterocycles. The van der Waals surface area contributed by atoms with Gasteiger partial charge in [-0.1, -0.05) is 12.1 Å². The summed E-state index contributed by atoms with van der Waals surface area (Å²) in [6, 6.07) is 8.95. The molecule has 1 aromatic rings. The number of hydrogen-bond donors (Lipinski definition) is 0. The fourth-order valence-electron chi connectivity index (χ4n) is 3.32. The monoisotopic (exact) mass is 274 g/mol. The van der Waals surface area contributed by atoms with Crippen LogP contribution in [-0.4, -0.2) is 44.2 Å². The number of likely N-dealkylation sites (tertiary alicyclic amines) is 1. The quantitative estimate of drug-likeness (QED) is 0.791. The molecule has 4 nitrogen and oxygen atoms in total. The third-order valence-electron chi connectivity index (χ3n) is 4.37. The van der Waals surface area contributed by atoms with Gasteiger partial charge in [0.15, 0.2) is 0 Å². The van der Waals surface area contributed by atoms with E-state index < -0.39 is 0 Å². The van der Waals surface area contributed by atoms with Crippen molar-refractivity contribution in [3.05, 3.63) is 29.8 Å². The summed E-state index contributed by atoms with van der Waals surface area (Å²) in [5, 5.41) is 0. The van der Waals surface area contributed by atoms with E-state index in [0.29, 0.717) is 12.6 Å². The molecule has 0 radical (unpaired) electrons. The fourth-order valence-corrected chi connectivity index (χ4v) is 3.32. The van der Waals surface area contributed by atoms with Gasteiger partial charge in [0.1, 0.15) is 6.04 Å². The minimum Gasteiger partial charge on any atom is -0.464 e. The van der Waals surface area contributed by atoms with Crippen LogP contribution in [0.4, 0.5) is 5.69 Å². The third kappa shape index (κ3) is 2.40. The molecule has 108 valence electrons. The van der Waals surface area contributed by atoms with Crippen LogP contribution in [0.5, 0.6) is 0 Å². The predicted octanol–water partition coefficient (Wildman–Crippen LogP) is 2.21. The zero-order valence-electron chi connectivity index (χ0n) is 12.2. The summed E-state index contributed by atoms with van der Waals surface area (Å²) >= 11 is 0. The maximum absolute atomic E-state index is 11.8. The van der Waals surface area contributed by atoms with E-state index in [9.17, 15) is 4.79 Å². The van der Waals surface area contributed by atoms with Crippen LogP contribution in [0.1, 0.15) is 30.9 Å². The summed E-state index contributed by atoms with van der Waals surface area (Å²) in [4.78, 5) is 16.3. The van der Waals surface area contributed by atoms with E-state index in [1.165, 1.54) is 11.3 Å². The Morgan fingerprint density at radius 2 is 2.10 bits per heavy atom. The van der Waals surface area contributed by atoms with Gasteiger partial charge in [0.25, 0.3) is 0 Å². The van der Waals surface area contributed by atoms with E-state index in [4.69, 9.17) is 4.74 Å². The molecule has 20 heavy (non-hydrogen) atoms. The number of carbonyl (C=O) groups is 1. The van der Waals surface area contributed by atoms with Gasteiger partial charge in [0.05, 0.1) is 6.61 Å². The number of benzene rings is 1. The average molecular weight is 274 g/mol. The standard InChI is InChI=1S/C16H22N2O2/c1-17(2)13-6-3-5-12(11-13)14-7-4-9-18(14)15-8-10-20-16(15)19/h3,5-6,11,14-15H,4,7-10H2,1-2H3/t14-,15+/m0/s1. The lowest BCUT2D eigenvalue weighted by Gasteiger charge is -2.28. The van der Waals surface area contributed by atoms with Crippen LogP contribution < -0.4 is 4.90 Å². The summed E-state index contributed by atoms with van der Waals surface area (Å²) in [7, 11) is 4.11. The molecule has 2 fully saturated rings. The lowest BCUT2D eigenvalue weighted by atomic mass is 10.0. The van der Waals surface area contributed by atoms with Crippen molar-refractivity contribution in [3.8, 4) is 0 Å². The maximum atomic E-state index is 11.8. The number of anilines is 1. The smallest absolute Gasteiger partial charge is 0.323 e. The Labute approximate surface area is 120 Å².